The first-order chi connectivity index (χ1) is 10.1. The van der Waals surface area contributed by atoms with E-state index in [1.54, 1.807) is 13.0 Å². The van der Waals surface area contributed by atoms with Crippen molar-refractivity contribution in [1.29, 1.82) is 0 Å². The number of aliphatic carboxylic acids is 1. The van der Waals surface area contributed by atoms with Crippen LogP contribution in [0.3, 0.4) is 0 Å². The predicted molar refractivity (Wildman–Crippen MR) is 81.6 cm³/mol. The summed E-state index contributed by atoms with van der Waals surface area (Å²) in [4.78, 5) is 23.0. The van der Waals surface area contributed by atoms with Crippen molar-refractivity contribution < 1.29 is 19.4 Å². The Morgan fingerprint density at radius 3 is 2.52 bits per heavy atom. The summed E-state index contributed by atoms with van der Waals surface area (Å²) in [5.41, 5.74) is 0.878. The van der Waals surface area contributed by atoms with Crippen molar-refractivity contribution in [1.82, 2.24) is 0 Å². The lowest BCUT2D eigenvalue weighted by atomic mass is 9.96. The number of ether oxygens (including phenoxy) is 1. The molecule has 1 N–H and O–H groups in total. The molecule has 0 aliphatic rings. The second-order valence-corrected chi connectivity index (χ2v) is 4.60. The van der Waals surface area contributed by atoms with Crippen LogP contribution in [0.2, 0.25) is 0 Å². The zero-order chi connectivity index (χ0) is 15.7. The summed E-state index contributed by atoms with van der Waals surface area (Å²) >= 11 is 0. The molecule has 0 heterocycles. The fourth-order valence-corrected chi connectivity index (χ4v) is 1.96. The number of carbonyl (C=O) groups is 2. The van der Waals surface area contributed by atoms with Crippen molar-refractivity contribution in [3.05, 3.63) is 54.6 Å². The van der Waals surface area contributed by atoms with Crippen LogP contribution in [0.25, 0.3) is 6.08 Å². The average Bonchev–Trinajstić information content (AvgIpc) is 2.49. The summed E-state index contributed by atoms with van der Waals surface area (Å²) in [6.07, 6.45) is 4.52. The van der Waals surface area contributed by atoms with Gasteiger partial charge in [-0.05, 0) is 24.5 Å². The molecule has 0 bridgehead atoms. The van der Waals surface area contributed by atoms with Gasteiger partial charge in [0, 0.05) is 6.08 Å². The van der Waals surface area contributed by atoms with Gasteiger partial charge in [-0.1, -0.05) is 43.3 Å². The Balaban J connectivity index is 2.67. The van der Waals surface area contributed by atoms with Crippen molar-refractivity contribution in [2.24, 2.45) is 5.92 Å². The van der Waals surface area contributed by atoms with E-state index in [4.69, 9.17) is 9.84 Å². The number of benzene rings is 1. The molecule has 0 saturated carbocycles. The zero-order valence-corrected chi connectivity index (χ0v) is 12.1. The number of allylic oxidation sites excluding steroid dienone is 1. The molecule has 0 radical (unpaired) electrons. The quantitative estimate of drug-likeness (QED) is 0.453. The van der Waals surface area contributed by atoms with Gasteiger partial charge in [-0.2, -0.15) is 0 Å². The van der Waals surface area contributed by atoms with Gasteiger partial charge in [0.05, 0.1) is 5.92 Å². The monoisotopic (exact) mass is 288 g/mol. The van der Waals surface area contributed by atoms with E-state index in [0.717, 1.165) is 5.56 Å². The molecule has 4 nitrogen and oxygen atoms in total. The van der Waals surface area contributed by atoms with E-state index in [2.05, 4.69) is 6.58 Å². The van der Waals surface area contributed by atoms with E-state index in [1.165, 1.54) is 12.2 Å². The topological polar surface area (TPSA) is 63.6 Å². The van der Waals surface area contributed by atoms with E-state index in [1.807, 2.05) is 30.3 Å². The molecule has 1 aromatic carbocycles. The number of carboxylic acids is 1. The maximum atomic E-state index is 11.8. The lowest BCUT2D eigenvalue weighted by molar-refractivity contribution is -0.155. The van der Waals surface area contributed by atoms with Gasteiger partial charge in [0.15, 0.2) is 0 Å². The summed E-state index contributed by atoms with van der Waals surface area (Å²) in [6, 6.07) is 9.34. The van der Waals surface area contributed by atoms with Gasteiger partial charge >= 0.3 is 11.9 Å². The third-order valence-electron chi connectivity index (χ3n) is 3.07. The Hall–Kier alpha value is -2.36. The van der Waals surface area contributed by atoms with E-state index in [9.17, 15) is 9.59 Å². The van der Waals surface area contributed by atoms with Gasteiger partial charge in [0.1, 0.15) is 6.10 Å². The van der Waals surface area contributed by atoms with Gasteiger partial charge in [0.2, 0.25) is 0 Å². The molecular formula is C17H20O4. The molecule has 0 saturated heterocycles. The second kappa shape index (κ2) is 8.74. The minimum absolute atomic E-state index is 0.267. The maximum absolute atomic E-state index is 11.8. The molecule has 0 fully saturated rings. The smallest absolute Gasteiger partial charge is 0.331 e. The van der Waals surface area contributed by atoms with Crippen LogP contribution < -0.4 is 0 Å². The summed E-state index contributed by atoms with van der Waals surface area (Å²) in [5.74, 6) is -2.29. The number of hydrogen-bond donors (Lipinski definition) is 1. The molecular weight excluding hydrogens is 268 g/mol. The molecule has 0 spiro atoms. The summed E-state index contributed by atoms with van der Waals surface area (Å²) < 4.78 is 5.24. The fourth-order valence-electron chi connectivity index (χ4n) is 1.96. The van der Waals surface area contributed by atoms with E-state index in [-0.39, 0.29) is 6.42 Å². The molecule has 0 aromatic heterocycles. The third kappa shape index (κ3) is 5.65. The van der Waals surface area contributed by atoms with Crippen molar-refractivity contribution in [2.75, 3.05) is 0 Å². The number of carboxylic acid groups (broad SMARTS) is 1. The summed E-state index contributed by atoms with van der Waals surface area (Å²) in [6.45, 7) is 5.33. The normalized spacial score (nSPS) is 13.6. The highest BCUT2D eigenvalue weighted by Gasteiger charge is 2.28. The molecule has 21 heavy (non-hydrogen) atoms. The molecule has 4 heteroatoms. The minimum atomic E-state index is -0.985. The summed E-state index contributed by atoms with van der Waals surface area (Å²) in [5, 5.41) is 9.17. The van der Waals surface area contributed by atoms with Gasteiger partial charge in [0.25, 0.3) is 0 Å². The fraction of sp³-hybridized carbons (Fsp3) is 0.294. The Morgan fingerprint density at radius 2 is 2.00 bits per heavy atom. The van der Waals surface area contributed by atoms with Crippen LogP contribution in [-0.4, -0.2) is 23.1 Å². The molecule has 0 aliphatic carbocycles. The van der Waals surface area contributed by atoms with Gasteiger partial charge in [-0.3, -0.25) is 4.79 Å². The molecule has 2 atom stereocenters. The van der Waals surface area contributed by atoms with E-state index < -0.39 is 24.0 Å². The van der Waals surface area contributed by atoms with Gasteiger partial charge in [-0.15, -0.1) is 6.58 Å². The van der Waals surface area contributed by atoms with Crippen LogP contribution in [0.5, 0.6) is 0 Å². The average molecular weight is 288 g/mol. The van der Waals surface area contributed by atoms with Crippen LogP contribution in [0.4, 0.5) is 0 Å². The first-order valence-electron chi connectivity index (χ1n) is 6.86. The highest BCUT2D eigenvalue weighted by atomic mass is 16.5. The number of esters is 1. The predicted octanol–water partition coefficient (Wildman–Crippen LogP) is 3.30. The molecule has 112 valence electrons. The standard InChI is InChI=1S/C17H20O4/c1-3-8-14(17(19)20)15(4-2)21-16(18)12-11-13-9-6-5-7-10-13/h3,5-7,9-12,14-15H,1,4,8H2,2H3,(H,19,20)/b12-11+. The highest BCUT2D eigenvalue weighted by molar-refractivity contribution is 5.87. The van der Waals surface area contributed by atoms with Crippen LogP contribution in [0.15, 0.2) is 49.1 Å². The van der Waals surface area contributed by atoms with Crippen molar-refractivity contribution in [3.63, 3.8) is 0 Å². The SMILES string of the molecule is C=CCC(C(=O)O)C(CC)OC(=O)/C=C/c1ccccc1. The Bertz CT molecular complexity index is 505. The lowest BCUT2D eigenvalue weighted by Gasteiger charge is -2.21. The van der Waals surface area contributed by atoms with Crippen molar-refractivity contribution in [2.45, 2.75) is 25.9 Å². The Labute approximate surface area is 124 Å². The van der Waals surface area contributed by atoms with E-state index >= 15 is 0 Å². The first-order valence-corrected chi connectivity index (χ1v) is 6.86. The van der Waals surface area contributed by atoms with Crippen molar-refractivity contribution >= 4 is 18.0 Å². The van der Waals surface area contributed by atoms with Gasteiger partial charge in [-0.25, -0.2) is 4.79 Å². The Morgan fingerprint density at radius 1 is 1.33 bits per heavy atom. The molecule has 1 aromatic rings. The Kier molecular flexibility index (Phi) is 6.95. The molecule has 0 aliphatic heterocycles. The van der Waals surface area contributed by atoms with Crippen LogP contribution in [-0.2, 0) is 14.3 Å². The lowest BCUT2D eigenvalue weighted by Crippen LogP contribution is -2.31. The molecule has 1 rings (SSSR count). The van der Waals surface area contributed by atoms with Crippen LogP contribution in [0.1, 0.15) is 25.3 Å². The maximum Gasteiger partial charge on any atom is 0.331 e. The number of hydrogen-bond acceptors (Lipinski definition) is 3. The largest absolute Gasteiger partial charge is 0.481 e. The highest BCUT2D eigenvalue weighted by Crippen LogP contribution is 2.17. The van der Waals surface area contributed by atoms with Crippen molar-refractivity contribution in [3.8, 4) is 0 Å². The van der Waals surface area contributed by atoms with Gasteiger partial charge < -0.3 is 9.84 Å². The second-order valence-electron chi connectivity index (χ2n) is 4.60. The molecule has 2 unspecified atom stereocenters. The van der Waals surface area contributed by atoms with Crippen LogP contribution >= 0.6 is 0 Å². The van der Waals surface area contributed by atoms with Crippen LogP contribution in [0, 0.1) is 5.92 Å². The third-order valence-corrected chi connectivity index (χ3v) is 3.07. The van der Waals surface area contributed by atoms with E-state index in [0.29, 0.717) is 6.42 Å². The zero-order valence-electron chi connectivity index (χ0n) is 12.1. The first kappa shape index (κ1) is 16.7. The summed E-state index contributed by atoms with van der Waals surface area (Å²) in [7, 11) is 0. The molecule has 0 amide bonds. The number of rotatable bonds is 8. The number of carbonyl (C=O) groups excluding carboxylic acids is 1. The minimum Gasteiger partial charge on any atom is -0.481 e.